The summed E-state index contributed by atoms with van der Waals surface area (Å²) in [4.78, 5) is 10.7. The van der Waals surface area contributed by atoms with E-state index < -0.39 is 6.09 Å². The number of fused-ring (bicyclic) bond motifs is 1. The molecule has 0 spiro atoms. The van der Waals surface area contributed by atoms with Crippen molar-refractivity contribution in [3.05, 3.63) is 65.0 Å². The van der Waals surface area contributed by atoms with Gasteiger partial charge in [0.15, 0.2) is 0 Å². The van der Waals surface area contributed by atoms with Gasteiger partial charge in [-0.25, -0.2) is 9.18 Å². The van der Waals surface area contributed by atoms with Crippen molar-refractivity contribution in [2.45, 2.75) is 31.9 Å². The average molecular weight is 315 g/mol. The molecular formula is C18H18FNO3. The summed E-state index contributed by atoms with van der Waals surface area (Å²) in [6.45, 7) is 0.391. The van der Waals surface area contributed by atoms with Crippen LogP contribution in [0.25, 0.3) is 0 Å². The Morgan fingerprint density at radius 2 is 2.09 bits per heavy atom. The molecular weight excluding hydrogens is 297 g/mol. The molecule has 0 saturated heterocycles. The monoisotopic (exact) mass is 315 g/mol. The molecule has 0 saturated carbocycles. The van der Waals surface area contributed by atoms with Crippen molar-refractivity contribution in [1.29, 1.82) is 0 Å². The third-order valence-electron chi connectivity index (χ3n) is 4.05. The zero-order valence-electron chi connectivity index (χ0n) is 12.6. The van der Waals surface area contributed by atoms with Crippen LogP contribution in [0.3, 0.4) is 0 Å². The van der Waals surface area contributed by atoms with Crippen molar-refractivity contribution in [3.63, 3.8) is 0 Å². The minimum atomic E-state index is -1.07. The summed E-state index contributed by atoms with van der Waals surface area (Å²) in [6.07, 6.45) is 0.620. The minimum Gasteiger partial charge on any atom is -0.489 e. The van der Waals surface area contributed by atoms with Gasteiger partial charge in [0.2, 0.25) is 0 Å². The number of halogens is 1. The van der Waals surface area contributed by atoms with Crippen molar-refractivity contribution in [3.8, 4) is 5.75 Å². The fourth-order valence-electron chi connectivity index (χ4n) is 2.92. The van der Waals surface area contributed by atoms with Gasteiger partial charge in [0.05, 0.1) is 0 Å². The molecule has 1 aliphatic rings. The fourth-order valence-corrected chi connectivity index (χ4v) is 2.92. The van der Waals surface area contributed by atoms with E-state index in [2.05, 4.69) is 5.32 Å². The normalized spacial score (nSPS) is 16.5. The molecule has 2 N–H and O–H groups in total. The first kappa shape index (κ1) is 15.3. The summed E-state index contributed by atoms with van der Waals surface area (Å²) in [5.41, 5.74) is 2.51. The molecule has 0 radical (unpaired) electrons. The molecule has 1 atom stereocenters. The third kappa shape index (κ3) is 3.80. The fraction of sp³-hybridized carbons (Fsp3) is 0.278. The average Bonchev–Trinajstić information content (AvgIpc) is 2.54. The second-order valence-corrected chi connectivity index (χ2v) is 5.71. The maximum Gasteiger partial charge on any atom is 0.404 e. The maximum absolute atomic E-state index is 14.3. The van der Waals surface area contributed by atoms with Crippen molar-refractivity contribution < 1.29 is 19.0 Å². The zero-order valence-corrected chi connectivity index (χ0v) is 12.6. The minimum absolute atomic E-state index is 0.231. The Hall–Kier alpha value is -2.56. The lowest BCUT2D eigenvalue weighted by atomic mass is 9.88. The summed E-state index contributed by atoms with van der Waals surface area (Å²) in [5.74, 6) is 0.178. The highest BCUT2D eigenvalue weighted by Gasteiger charge is 2.23. The predicted molar refractivity (Wildman–Crippen MR) is 84.1 cm³/mol. The van der Waals surface area contributed by atoms with E-state index in [-0.39, 0.29) is 11.9 Å². The first-order valence-corrected chi connectivity index (χ1v) is 7.59. The van der Waals surface area contributed by atoms with Crippen LogP contribution in [0.4, 0.5) is 9.18 Å². The molecule has 1 amide bonds. The molecule has 0 aromatic heterocycles. The Morgan fingerprint density at radius 1 is 1.30 bits per heavy atom. The molecule has 2 aromatic rings. The van der Waals surface area contributed by atoms with Gasteiger partial charge in [-0.1, -0.05) is 30.3 Å². The van der Waals surface area contributed by atoms with Gasteiger partial charge in [-0.05, 0) is 42.0 Å². The Labute approximate surface area is 133 Å². The number of ether oxygens (including phenoxy) is 1. The number of aryl methyl sites for hydroxylation is 1. The van der Waals surface area contributed by atoms with Gasteiger partial charge in [0.1, 0.15) is 18.2 Å². The van der Waals surface area contributed by atoms with Gasteiger partial charge in [0.25, 0.3) is 0 Å². The maximum atomic E-state index is 14.3. The van der Waals surface area contributed by atoms with Crippen molar-refractivity contribution in [2.24, 2.45) is 0 Å². The lowest BCUT2D eigenvalue weighted by Crippen LogP contribution is -2.38. The molecule has 23 heavy (non-hydrogen) atoms. The summed E-state index contributed by atoms with van der Waals surface area (Å²) in [7, 11) is 0. The molecule has 0 fully saturated rings. The summed E-state index contributed by atoms with van der Waals surface area (Å²) < 4.78 is 20.0. The van der Waals surface area contributed by atoms with Gasteiger partial charge < -0.3 is 15.2 Å². The van der Waals surface area contributed by atoms with Crippen LogP contribution in [0.5, 0.6) is 5.75 Å². The molecule has 5 heteroatoms. The SMILES string of the molecule is O=C(O)N[C@@H]1CCc2cc(OCc3ccccc3)cc(F)c2C1. The first-order valence-electron chi connectivity index (χ1n) is 7.59. The number of carbonyl (C=O) groups is 1. The summed E-state index contributed by atoms with van der Waals surface area (Å²) >= 11 is 0. The number of rotatable bonds is 4. The van der Waals surface area contributed by atoms with E-state index in [4.69, 9.17) is 9.84 Å². The molecule has 120 valence electrons. The second kappa shape index (κ2) is 6.69. The van der Waals surface area contributed by atoms with Crippen LogP contribution in [0.1, 0.15) is 23.1 Å². The number of carboxylic acid groups (broad SMARTS) is 1. The molecule has 0 heterocycles. The second-order valence-electron chi connectivity index (χ2n) is 5.71. The number of hydrogen-bond donors (Lipinski definition) is 2. The van der Waals surface area contributed by atoms with Gasteiger partial charge in [-0.15, -0.1) is 0 Å². The Morgan fingerprint density at radius 3 is 2.83 bits per heavy atom. The smallest absolute Gasteiger partial charge is 0.404 e. The van der Waals surface area contributed by atoms with E-state index >= 15 is 0 Å². The van der Waals surface area contributed by atoms with E-state index in [0.717, 1.165) is 11.1 Å². The number of amides is 1. The lowest BCUT2D eigenvalue weighted by molar-refractivity contribution is 0.188. The van der Waals surface area contributed by atoms with Crippen LogP contribution in [-0.2, 0) is 19.4 Å². The highest BCUT2D eigenvalue weighted by Crippen LogP contribution is 2.29. The van der Waals surface area contributed by atoms with Gasteiger partial charge in [-0.3, -0.25) is 0 Å². The Balaban J connectivity index is 1.71. The van der Waals surface area contributed by atoms with Crippen LogP contribution in [0.2, 0.25) is 0 Å². The Bertz CT molecular complexity index is 703. The van der Waals surface area contributed by atoms with E-state index in [1.54, 1.807) is 0 Å². The number of benzene rings is 2. The lowest BCUT2D eigenvalue weighted by Gasteiger charge is -2.25. The van der Waals surface area contributed by atoms with Crippen molar-refractivity contribution >= 4 is 6.09 Å². The largest absolute Gasteiger partial charge is 0.489 e. The standard InChI is InChI=1S/C18H18FNO3/c19-17-10-15(23-11-12-4-2-1-3-5-12)8-13-6-7-14(9-16(13)17)20-18(21)22/h1-5,8,10,14,20H,6-7,9,11H2,(H,21,22)/t14-/m1/s1. The van der Waals surface area contributed by atoms with Crippen LogP contribution in [0, 0.1) is 5.82 Å². The molecule has 3 rings (SSSR count). The van der Waals surface area contributed by atoms with Gasteiger partial charge in [-0.2, -0.15) is 0 Å². The van der Waals surface area contributed by atoms with Gasteiger partial charge in [0, 0.05) is 12.1 Å². The van der Waals surface area contributed by atoms with Crippen LogP contribution in [0.15, 0.2) is 42.5 Å². The highest BCUT2D eigenvalue weighted by atomic mass is 19.1. The molecule has 0 unspecified atom stereocenters. The van der Waals surface area contributed by atoms with E-state index in [1.165, 1.54) is 6.07 Å². The molecule has 1 aliphatic carbocycles. The van der Waals surface area contributed by atoms with Crippen molar-refractivity contribution in [1.82, 2.24) is 5.32 Å². The molecule has 0 aliphatic heterocycles. The molecule has 4 nitrogen and oxygen atoms in total. The number of nitrogens with one attached hydrogen (secondary N) is 1. The molecule has 2 aromatic carbocycles. The topological polar surface area (TPSA) is 58.6 Å². The van der Waals surface area contributed by atoms with Crippen molar-refractivity contribution in [2.75, 3.05) is 0 Å². The van der Waals surface area contributed by atoms with E-state index in [9.17, 15) is 9.18 Å². The van der Waals surface area contributed by atoms with Crippen LogP contribution in [-0.4, -0.2) is 17.2 Å². The zero-order chi connectivity index (χ0) is 16.2. The van der Waals surface area contributed by atoms with E-state index in [1.807, 2.05) is 36.4 Å². The number of hydrogen-bond acceptors (Lipinski definition) is 2. The van der Waals surface area contributed by atoms with Crippen LogP contribution >= 0.6 is 0 Å². The van der Waals surface area contributed by atoms with Crippen LogP contribution < -0.4 is 10.1 Å². The third-order valence-corrected chi connectivity index (χ3v) is 4.05. The predicted octanol–water partition coefficient (Wildman–Crippen LogP) is 3.53. The quantitative estimate of drug-likeness (QED) is 0.907. The first-order chi connectivity index (χ1) is 11.1. The van der Waals surface area contributed by atoms with Gasteiger partial charge >= 0.3 is 6.09 Å². The highest BCUT2D eigenvalue weighted by molar-refractivity contribution is 5.65. The Kier molecular flexibility index (Phi) is 4.46. The molecule has 0 bridgehead atoms. The summed E-state index contributed by atoms with van der Waals surface area (Å²) in [5, 5.41) is 11.2. The van der Waals surface area contributed by atoms with E-state index in [0.29, 0.717) is 37.2 Å². The summed E-state index contributed by atoms with van der Waals surface area (Å²) in [6, 6.07) is 12.7.